The minimum absolute atomic E-state index is 0.0283. The van der Waals surface area contributed by atoms with Crippen LogP contribution in [0, 0.1) is 93.8 Å². The number of terminal acetylenes is 3. The first-order valence-electron chi connectivity index (χ1n) is 38.9. The van der Waals surface area contributed by atoms with Crippen molar-refractivity contribution in [1.29, 1.82) is 0 Å². The lowest BCUT2D eigenvalue weighted by atomic mass is 9.89. The Balaban J connectivity index is 0.000000677. The summed E-state index contributed by atoms with van der Waals surface area (Å²) in [6.07, 6.45) is 17.6. The lowest BCUT2D eigenvalue weighted by Gasteiger charge is -2.24. The van der Waals surface area contributed by atoms with Crippen molar-refractivity contribution in [2.24, 2.45) is 5.41 Å². The number of alkyl halides is 3. The normalized spacial score (nSPS) is 13.2. The van der Waals surface area contributed by atoms with Gasteiger partial charge in [-0.1, -0.05) is 141 Å². The molecule has 0 unspecified atom stereocenters. The van der Waals surface area contributed by atoms with Gasteiger partial charge < -0.3 is 43.7 Å². The largest absolute Gasteiger partial charge is 0.444 e. The van der Waals surface area contributed by atoms with Gasteiger partial charge in [0.15, 0.2) is 0 Å². The number of halogens is 3. The number of carbonyl (C=O) groups excluding carboxylic acids is 6. The highest BCUT2D eigenvalue weighted by molar-refractivity contribution is 9.09. The van der Waals surface area contributed by atoms with E-state index >= 15 is 0 Å². The summed E-state index contributed by atoms with van der Waals surface area (Å²) in [5, 5.41) is 28.6. The quantitative estimate of drug-likeness (QED) is 0.0803. The highest BCUT2D eigenvalue weighted by atomic mass is 79.9. The zero-order chi connectivity index (χ0) is 88.7. The molecule has 5 amide bonds. The Hall–Kier alpha value is -8.02. The molecule has 0 aromatic heterocycles. The second-order valence-corrected chi connectivity index (χ2v) is 35.9. The number of carbonyl (C=O) groups is 6. The van der Waals surface area contributed by atoms with Crippen LogP contribution >= 0.6 is 47.8 Å². The van der Waals surface area contributed by atoms with Crippen LogP contribution in [0.2, 0.25) is 0 Å². The van der Waals surface area contributed by atoms with E-state index in [1.165, 1.54) is 67.8 Å². The molecule has 0 aliphatic carbocycles. The van der Waals surface area contributed by atoms with Gasteiger partial charge in [0.2, 0.25) is 0 Å². The molecule has 640 valence electrons. The van der Waals surface area contributed by atoms with Crippen molar-refractivity contribution in [3.63, 3.8) is 0 Å². The Kier molecular flexibility index (Phi) is 46.9. The molecule has 23 heteroatoms. The second-order valence-electron chi connectivity index (χ2n) is 34.2. The fraction of sp³-hybridized carbons (Fsp3) is 0.570. The molecule has 0 saturated carbocycles. The minimum atomic E-state index is -0.510. The number of amides is 5. The highest BCUT2D eigenvalue weighted by Crippen LogP contribution is 2.34. The van der Waals surface area contributed by atoms with Crippen LogP contribution in [0.4, 0.5) is 24.0 Å². The summed E-state index contributed by atoms with van der Waals surface area (Å²) in [6, 6.07) is 16.4. The molecule has 5 aliphatic rings. The first-order valence-corrected chi connectivity index (χ1v) is 42.3. The Morgan fingerprint density at radius 3 is 1.16 bits per heavy atom. The minimum Gasteiger partial charge on any atom is -0.444 e. The fourth-order valence-corrected chi connectivity index (χ4v) is 12.7. The van der Waals surface area contributed by atoms with Crippen molar-refractivity contribution in [2.45, 2.75) is 303 Å². The highest BCUT2D eigenvalue weighted by Gasteiger charge is 2.34. The molecule has 5 aliphatic heterocycles. The number of aryl methyl sites for hydroxylation is 2. The van der Waals surface area contributed by atoms with Gasteiger partial charge in [-0.05, 0) is 253 Å². The molecule has 0 atom stereocenters. The molecule has 0 bridgehead atoms. The monoisotopic (exact) mass is 1800 g/mol. The number of fused-ring (bicyclic) bond motifs is 4. The van der Waals surface area contributed by atoms with Crippen LogP contribution in [0.3, 0.4) is 0 Å². The maximum absolute atomic E-state index is 12.1. The van der Waals surface area contributed by atoms with E-state index in [9.17, 15) is 39.0 Å². The third kappa shape index (κ3) is 41.9. The summed E-state index contributed by atoms with van der Waals surface area (Å²) in [6.45, 7) is 53.2. The first-order chi connectivity index (χ1) is 53.9. The van der Waals surface area contributed by atoms with Crippen molar-refractivity contribution >= 4 is 84.0 Å². The number of rotatable bonds is 9. The topological polar surface area (TPSA) is 235 Å². The van der Waals surface area contributed by atoms with Crippen LogP contribution in [-0.2, 0) is 109 Å². The predicted octanol–water partition coefficient (Wildman–Crippen LogP) is 19.9. The molecule has 1 saturated heterocycles. The van der Waals surface area contributed by atoms with Crippen LogP contribution in [-0.4, -0.2) is 142 Å². The van der Waals surface area contributed by atoms with Gasteiger partial charge in [0, 0.05) is 95.5 Å². The maximum Gasteiger partial charge on any atom is 0.411 e. The van der Waals surface area contributed by atoms with Gasteiger partial charge in [0.25, 0.3) is 0 Å². The van der Waals surface area contributed by atoms with Gasteiger partial charge in [0.05, 0.1) is 31.6 Å². The van der Waals surface area contributed by atoms with Crippen LogP contribution in [0.1, 0.15) is 260 Å². The number of benzene rings is 4. The molecule has 20 nitrogen and oxygen atoms in total. The van der Waals surface area contributed by atoms with Crippen LogP contribution in [0.25, 0.3) is 0 Å². The maximum atomic E-state index is 12.1. The Labute approximate surface area is 720 Å². The van der Waals surface area contributed by atoms with Crippen molar-refractivity contribution in [3.05, 3.63) is 138 Å². The SMILES string of the molecule is C#CCCC(=O)CC(C)(C)C.C#CCN(CC#CC)C(=O)OC(C)(C)C.C#CCO.C1CCOC1.CC#CCBr.Cc1c(CBr)ccc2c1CN(C(=O)OC(C)(C)C)C2.Cc1c(CO)ccc2c1CN(C(=O)OC(C)(C)C)C2.Cc1cc(CBr)cc2c1CN(C(=O)OC(C)(C)C)C2.Cc1cc(CO)cc2c1CN(C(=O)OC(C)(C)C)C2. The van der Waals surface area contributed by atoms with Gasteiger partial charge in [-0.3, -0.25) is 29.3 Å². The average molecular weight is 1800 g/mol. The summed E-state index contributed by atoms with van der Waals surface area (Å²) in [5.74, 6) is 18.1. The second kappa shape index (κ2) is 51.3. The number of hydrogen-bond acceptors (Lipinski definition) is 15. The van der Waals surface area contributed by atoms with Gasteiger partial charge in [-0.2, -0.15) is 0 Å². The van der Waals surface area contributed by atoms with E-state index in [1.54, 1.807) is 26.5 Å². The molecule has 0 spiro atoms. The van der Waals surface area contributed by atoms with Gasteiger partial charge in [0.1, 0.15) is 40.4 Å². The fourth-order valence-electron chi connectivity index (χ4n) is 11.5. The molecule has 9 rings (SSSR count). The molecule has 3 N–H and O–H groups in total. The predicted molar refractivity (Wildman–Crippen MR) is 474 cm³/mol. The van der Waals surface area contributed by atoms with Crippen LogP contribution in [0.5, 0.6) is 0 Å². The van der Waals surface area contributed by atoms with Crippen LogP contribution in [0.15, 0.2) is 48.5 Å². The number of nitrogens with zero attached hydrogens (tertiary/aromatic N) is 5. The van der Waals surface area contributed by atoms with E-state index in [-0.39, 0.29) is 61.9 Å². The van der Waals surface area contributed by atoms with E-state index in [2.05, 4.69) is 149 Å². The molecule has 5 heterocycles. The van der Waals surface area contributed by atoms with Gasteiger partial charge in [-0.25, -0.2) is 24.0 Å². The van der Waals surface area contributed by atoms with Gasteiger partial charge in [-0.15, -0.1) is 37.0 Å². The molecule has 116 heavy (non-hydrogen) atoms. The number of Topliss-reactive ketones (excluding diaryl/α,β-unsaturated/α-hetero) is 1. The number of aliphatic hydroxyl groups is 3. The average Bonchev–Trinajstić information content (AvgIpc) is 1.75. The Morgan fingerprint density at radius 1 is 0.466 bits per heavy atom. The van der Waals surface area contributed by atoms with E-state index in [0.29, 0.717) is 78.2 Å². The van der Waals surface area contributed by atoms with E-state index in [1.807, 2.05) is 155 Å². The van der Waals surface area contributed by atoms with E-state index in [0.717, 1.165) is 68.1 Å². The van der Waals surface area contributed by atoms with Crippen molar-refractivity contribution < 1.29 is 72.5 Å². The summed E-state index contributed by atoms with van der Waals surface area (Å²) in [5.41, 5.74) is 16.4. The number of ketones is 1. The van der Waals surface area contributed by atoms with Crippen molar-refractivity contribution in [1.82, 2.24) is 24.5 Å². The van der Waals surface area contributed by atoms with Gasteiger partial charge >= 0.3 is 30.5 Å². The summed E-state index contributed by atoms with van der Waals surface area (Å²) in [7, 11) is 0. The number of aliphatic hydroxyl groups excluding tert-OH is 3. The summed E-state index contributed by atoms with van der Waals surface area (Å²) < 4.78 is 31.7. The molecule has 4 aromatic carbocycles. The van der Waals surface area contributed by atoms with E-state index in [4.69, 9.17) is 46.4 Å². The lowest BCUT2D eigenvalue weighted by molar-refractivity contribution is -0.120. The zero-order valence-electron chi connectivity index (χ0n) is 73.7. The third-order valence-corrected chi connectivity index (χ3v) is 18.3. The van der Waals surface area contributed by atoms with E-state index < -0.39 is 34.1 Å². The summed E-state index contributed by atoms with van der Waals surface area (Å²) in [4.78, 5) is 79.3. The molecular formula is C93H132Br3N5O15. The molecule has 4 aromatic rings. The molecule has 1 fully saturated rings. The first kappa shape index (κ1) is 106. The Bertz CT molecular complexity index is 3870. The lowest BCUT2D eigenvalue weighted by Crippen LogP contribution is -2.37. The standard InChI is InChI=1S/2C15H20BrNO2.2C15H21NO3.C12H17NO2.C10H16O.C4H5Br.C4H8O.C3H4O/c1-10-5-11(7-16)6-12-8-17(9-13(10)12)14(18)19-15(2,3)4;1-10-11(7-16)5-6-12-8-17(9-13(10)12)14(18)19-15(2,3)4;1-10-5-11(9-17)6-12-7-16(8-13(10)12)14(18)19-15(2,3)4;1-10-12(9-17)6-5-11-7-16(8-13(10)11)14(18)19-15(2,3)4;1-6-8-10-13(9-7-2)11(14)15-12(3,4)5;1-5-6-7-9(11)8-10(2,3)4;1-2-3-4-5;1-2-4-5-3-1;1-2-3-4/h2*5-6H,7-9H2,1-4H3;2*5-6,17H,7-9H2,1-4H3;2H,9-10H2,1,3-5H3;1H,6-8H2,2-4H3;4H2,1H3;1-4H2;1,4H,3H2. The molecule has 0 radical (unpaired) electrons. The summed E-state index contributed by atoms with van der Waals surface area (Å²) >= 11 is 10.1. The number of hydrogen-bond donors (Lipinski definition) is 3. The smallest absolute Gasteiger partial charge is 0.411 e. The third-order valence-electron chi connectivity index (χ3n) is 16.8. The van der Waals surface area contributed by atoms with Crippen molar-refractivity contribution in [2.75, 3.05) is 38.2 Å². The number of ether oxygens (including phenoxy) is 6. The molecular weight excluding hydrogens is 1670 g/mol. The van der Waals surface area contributed by atoms with Crippen LogP contribution < -0.4 is 0 Å². The van der Waals surface area contributed by atoms with Crippen molar-refractivity contribution in [3.8, 4) is 60.7 Å². The Morgan fingerprint density at radius 2 is 0.845 bits per heavy atom. The zero-order valence-corrected chi connectivity index (χ0v) is 78.5.